The van der Waals surface area contributed by atoms with Crippen LogP contribution < -0.4 is 4.80 Å². The predicted molar refractivity (Wildman–Crippen MR) is 129 cm³/mol. The third kappa shape index (κ3) is 5.04. The van der Waals surface area contributed by atoms with Gasteiger partial charge in [0.25, 0.3) is 0 Å². The highest BCUT2D eigenvalue weighted by atomic mass is 32.2. The van der Waals surface area contributed by atoms with Crippen molar-refractivity contribution >= 4 is 27.0 Å². The molecule has 32 heavy (non-hydrogen) atoms. The van der Waals surface area contributed by atoms with Gasteiger partial charge in [0.2, 0.25) is 10.0 Å². The first-order chi connectivity index (χ1) is 15.5. The molecule has 0 aliphatic carbocycles. The van der Waals surface area contributed by atoms with Crippen molar-refractivity contribution in [1.29, 1.82) is 0 Å². The van der Waals surface area contributed by atoms with E-state index in [-0.39, 0.29) is 0 Å². The molecule has 8 heteroatoms. The van der Waals surface area contributed by atoms with Gasteiger partial charge in [0.1, 0.15) is 0 Å². The fraction of sp³-hybridized carbons (Fsp3) is 0.375. The third-order valence-electron chi connectivity index (χ3n) is 5.64. The Morgan fingerprint density at radius 2 is 1.72 bits per heavy atom. The average Bonchev–Trinajstić information content (AvgIpc) is 3.47. The van der Waals surface area contributed by atoms with Crippen molar-refractivity contribution in [2.24, 2.45) is 4.99 Å². The number of nitrogens with zero attached hydrogens (tertiary/aromatic N) is 3. The molecule has 0 radical (unpaired) electrons. The fourth-order valence-corrected chi connectivity index (χ4v) is 6.31. The van der Waals surface area contributed by atoms with Crippen LogP contribution in [0.5, 0.6) is 0 Å². The standard InChI is InChI=1S/C24H29N3O3S2/c1-19-6-10-21(11-7-19)25-24-27(16-5-17-30-2)23(18-31-24)20-8-12-22(13-9-20)32(28,29)26-14-3-4-15-26/h6-13,18H,3-5,14-17H2,1-2H3. The molecule has 4 rings (SSSR count). The lowest BCUT2D eigenvalue weighted by atomic mass is 10.2. The van der Waals surface area contributed by atoms with Gasteiger partial charge in [-0.3, -0.25) is 0 Å². The van der Waals surface area contributed by atoms with Gasteiger partial charge in [-0.15, -0.1) is 11.3 Å². The number of methoxy groups -OCH3 is 1. The van der Waals surface area contributed by atoms with Crippen molar-refractivity contribution in [3.8, 4) is 11.3 Å². The van der Waals surface area contributed by atoms with E-state index >= 15 is 0 Å². The largest absolute Gasteiger partial charge is 0.385 e. The molecule has 0 saturated carbocycles. The SMILES string of the molecule is COCCCn1c(-c2ccc(S(=O)(=O)N3CCCC3)cc2)csc1=Nc1ccc(C)cc1. The van der Waals surface area contributed by atoms with E-state index in [1.165, 1.54) is 5.56 Å². The first-order valence-electron chi connectivity index (χ1n) is 10.9. The molecule has 170 valence electrons. The summed E-state index contributed by atoms with van der Waals surface area (Å²) in [4.78, 5) is 6.12. The van der Waals surface area contributed by atoms with E-state index in [4.69, 9.17) is 9.73 Å². The topological polar surface area (TPSA) is 63.9 Å². The van der Waals surface area contributed by atoms with Gasteiger partial charge in [0.15, 0.2) is 4.80 Å². The summed E-state index contributed by atoms with van der Waals surface area (Å²) in [5.74, 6) is 0. The first kappa shape index (κ1) is 22.9. The monoisotopic (exact) mass is 471 g/mol. The number of hydrogen-bond donors (Lipinski definition) is 0. The van der Waals surface area contributed by atoms with Gasteiger partial charge in [-0.25, -0.2) is 13.4 Å². The van der Waals surface area contributed by atoms with Crippen molar-refractivity contribution in [2.75, 3.05) is 26.8 Å². The number of sulfonamides is 1. The molecule has 0 atom stereocenters. The summed E-state index contributed by atoms with van der Waals surface area (Å²) in [6.07, 6.45) is 2.73. The number of hydrogen-bond acceptors (Lipinski definition) is 5. The van der Waals surface area contributed by atoms with Gasteiger partial charge < -0.3 is 9.30 Å². The lowest BCUT2D eigenvalue weighted by Gasteiger charge is -2.16. The molecular weight excluding hydrogens is 442 g/mol. The fourth-order valence-electron chi connectivity index (χ4n) is 3.84. The lowest BCUT2D eigenvalue weighted by Crippen LogP contribution is -2.27. The second-order valence-corrected chi connectivity index (χ2v) is 10.8. The molecule has 0 bridgehead atoms. The van der Waals surface area contributed by atoms with Crippen molar-refractivity contribution in [3.63, 3.8) is 0 Å². The highest BCUT2D eigenvalue weighted by Crippen LogP contribution is 2.26. The molecule has 1 fully saturated rings. The maximum absolute atomic E-state index is 12.8. The number of aromatic nitrogens is 1. The van der Waals surface area contributed by atoms with Crippen LogP contribution in [-0.4, -0.2) is 44.1 Å². The van der Waals surface area contributed by atoms with Gasteiger partial charge in [-0.1, -0.05) is 29.8 Å². The quantitative estimate of drug-likeness (QED) is 0.452. The number of aryl methyl sites for hydroxylation is 1. The van der Waals surface area contributed by atoms with Crippen molar-refractivity contribution in [3.05, 3.63) is 64.3 Å². The van der Waals surface area contributed by atoms with Gasteiger partial charge in [0.05, 0.1) is 16.3 Å². The van der Waals surface area contributed by atoms with Crippen LogP contribution in [0.2, 0.25) is 0 Å². The molecule has 1 aliphatic heterocycles. The summed E-state index contributed by atoms with van der Waals surface area (Å²) in [6.45, 7) is 4.71. The number of ether oxygens (including phenoxy) is 1. The summed E-state index contributed by atoms with van der Waals surface area (Å²) in [5.41, 5.74) is 4.12. The summed E-state index contributed by atoms with van der Waals surface area (Å²) < 4.78 is 34.7. The van der Waals surface area contributed by atoms with E-state index in [9.17, 15) is 8.42 Å². The molecule has 0 spiro atoms. The Morgan fingerprint density at radius 3 is 2.38 bits per heavy atom. The summed E-state index contributed by atoms with van der Waals surface area (Å²) in [5, 5.41) is 2.09. The number of benzene rings is 2. The van der Waals surface area contributed by atoms with Gasteiger partial charge in [-0.05, 0) is 56.0 Å². The smallest absolute Gasteiger partial charge is 0.243 e. The Kier molecular flexibility index (Phi) is 7.25. The molecular formula is C24H29N3O3S2. The lowest BCUT2D eigenvalue weighted by molar-refractivity contribution is 0.190. The Labute approximate surface area is 193 Å². The molecule has 3 aromatic rings. The minimum Gasteiger partial charge on any atom is -0.385 e. The summed E-state index contributed by atoms with van der Waals surface area (Å²) >= 11 is 1.59. The van der Waals surface area contributed by atoms with Crippen LogP contribution in [0.15, 0.2) is 63.8 Å². The van der Waals surface area contributed by atoms with Crippen molar-refractivity contribution in [1.82, 2.24) is 8.87 Å². The molecule has 0 amide bonds. The molecule has 6 nitrogen and oxygen atoms in total. The third-order valence-corrected chi connectivity index (χ3v) is 8.42. The molecule has 1 saturated heterocycles. The van der Waals surface area contributed by atoms with Gasteiger partial charge >= 0.3 is 0 Å². The average molecular weight is 472 g/mol. The Hall–Kier alpha value is -2.26. The minimum absolute atomic E-state index is 0.355. The zero-order chi connectivity index (χ0) is 22.6. The van der Waals surface area contributed by atoms with Crippen LogP contribution in [0.3, 0.4) is 0 Å². The van der Waals surface area contributed by atoms with Crippen LogP contribution in [0.4, 0.5) is 5.69 Å². The molecule has 0 N–H and O–H groups in total. The predicted octanol–water partition coefficient (Wildman–Crippen LogP) is 4.58. The van der Waals surface area contributed by atoms with E-state index in [1.807, 2.05) is 24.3 Å². The van der Waals surface area contributed by atoms with Crippen LogP contribution in [-0.2, 0) is 21.3 Å². The van der Waals surface area contributed by atoms with E-state index in [2.05, 4.69) is 29.0 Å². The normalized spacial score (nSPS) is 15.5. The van der Waals surface area contributed by atoms with Crippen LogP contribution in [0.25, 0.3) is 11.3 Å². The van der Waals surface area contributed by atoms with Gasteiger partial charge in [-0.2, -0.15) is 4.31 Å². The van der Waals surface area contributed by atoms with Crippen molar-refractivity contribution < 1.29 is 13.2 Å². The van der Waals surface area contributed by atoms with Crippen LogP contribution >= 0.6 is 11.3 Å². The minimum atomic E-state index is -3.41. The first-order valence-corrected chi connectivity index (χ1v) is 13.2. The van der Waals surface area contributed by atoms with Crippen molar-refractivity contribution in [2.45, 2.75) is 37.6 Å². The molecule has 1 aromatic heterocycles. The molecule has 2 heterocycles. The second kappa shape index (κ2) is 10.1. The second-order valence-electron chi connectivity index (χ2n) is 7.98. The number of rotatable bonds is 8. The van der Waals surface area contributed by atoms with E-state index in [0.717, 1.165) is 47.6 Å². The summed E-state index contributed by atoms with van der Waals surface area (Å²) in [7, 11) is -1.71. The molecule has 1 aliphatic rings. The highest BCUT2D eigenvalue weighted by molar-refractivity contribution is 7.89. The maximum Gasteiger partial charge on any atom is 0.243 e. The zero-order valence-corrected chi connectivity index (χ0v) is 20.2. The Morgan fingerprint density at radius 1 is 1.03 bits per heavy atom. The Balaban J connectivity index is 1.68. The van der Waals surface area contributed by atoms with Crippen LogP contribution in [0.1, 0.15) is 24.8 Å². The molecule has 2 aromatic carbocycles. The van der Waals surface area contributed by atoms with Crippen LogP contribution in [0, 0.1) is 6.92 Å². The van der Waals surface area contributed by atoms with E-state index in [0.29, 0.717) is 24.6 Å². The maximum atomic E-state index is 12.8. The Bertz CT molecular complexity index is 1200. The zero-order valence-electron chi connectivity index (χ0n) is 18.5. The highest BCUT2D eigenvalue weighted by Gasteiger charge is 2.27. The van der Waals surface area contributed by atoms with E-state index < -0.39 is 10.0 Å². The molecule has 0 unspecified atom stereocenters. The number of thiazole rings is 1. The van der Waals surface area contributed by atoms with Gasteiger partial charge in [0, 0.05) is 38.7 Å². The van der Waals surface area contributed by atoms with E-state index in [1.54, 1.807) is 34.9 Å². The summed E-state index contributed by atoms with van der Waals surface area (Å²) in [6, 6.07) is 15.4.